The van der Waals surface area contributed by atoms with Crippen LogP contribution < -0.4 is 5.56 Å². The van der Waals surface area contributed by atoms with Crippen LogP contribution in [0.5, 0.6) is 0 Å². The number of halogens is 1. The smallest absolute Gasteiger partial charge is 0.263 e. The van der Waals surface area contributed by atoms with Crippen molar-refractivity contribution < 1.29 is 4.42 Å². The van der Waals surface area contributed by atoms with Gasteiger partial charge in [0.1, 0.15) is 10.6 Å². The molecule has 0 atom stereocenters. The Labute approximate surface area is 169 Å². The van der Waals surface area contributed by atoms with E-state index >= 15 is 0 Å². The summed E-state index contributed by atoms with van der Waals surface area (Å²) in [6.45, 7) is 4.35. The predicted molar refractivity (Wildman–Crippen MR) is 112 cm³/mol. The molecule has 0 saturated heterocycles. The number of rotatable bonds is 5. The van der Waals surface area contributed by atoms with Gasteiger partial charge in [-0.15, -0.1) is 11.3 Å². The van der Waals surface area contributed by atoms with Gasteiger partial charge >= 0.3 is 0 Å². The monoisotopic (exact) mass is 416 g/mol. The molecule has 0 aliphatic rings. The largest absolute Gasteiger partial charge is 0.467 e. The van der Waals surface area contributed by atoms with Crippen LogP contribution in [0.4, 0.5) is 0 Å². The quantitative estimate of drug-likeness (QED) is 0.311. The van der Waals surface area contributed by atoms with E-state index in [0.717, 1.165) is 26.6 Å². The highest BCUT2D eigenvalue weighted by molar-refractivity contribution is 7.98. The number of thioether (sulfide) groups is 1. The standard InChI is InChI=1S/C20H17ClN2O2S2/c1-12-13(2)27-18-17(12)19(24)23(10-15-7-5-9-25-15)20(22-18)26-11-14-6-3-4-8-16(14)21/h3-9H,10-11H2,1-2H3. The lowest BCUT2D eigenvalue weighted by atomic mass is 10.2. The molecular formula is C20H17ClN2O2S2. The number of aromatic nitrogens is 2. The Morgan fingerprint density at radius 1 is 1.22 bits per heavy atom. The normalized spacial score (nSPS) is 11.4. The summed E-state index contributed by atoms with van der Waals surface area (Å²) >= 11 is 9.35. The third kappa shape index (κ3) is 3.57. The highest BCUT2D eigenvalue weighted by Crippen LogP contribution is 2.30. The highest BCUT2D eigenvalue weighted by atomic mass is 35.5. The molecule has 4 aromatic rings. The van der Waals surface area contributed by atoms with Crippen molar-refractivity contribution in [3.8, 4) is 0 Å². The van der Waals surface area contributed by atoms with Gasteiger partial charge in [-0.1, -0.05) is 41.6 Å². The maximum absolute atomic E-state index is 13.2. The SMILES string of the molecule is Cc1sc2nc(SCc3ccccc3Cl)n(Cc3ccco3)c(=O)c2c1C. The lowest BCUT2D eigenvalue weighted by Crippen LogP contribution is -2.23. The van der Waals surface area contributed by atoms with Crippen LogP contribution in [0.25, 0.3) is 10.2 Å². The molecule has 1 aromatic carbocycles. The van der Waals surface area contributed by atoms with Crippen molar-refractivity contribution in [1.82, 2.24) is 9.55 Å². The summed E-state index contributed by atoms with van der Waals surface area (Å²) in [6.07, 6.45) is 1.61. The van der Waals surface area contributed by atoms with E-state index in [1.165, 1.54) is 11.8 Å². The molecule has 0 unspecified atom stereocenters. The van der Waals surface area contributed by atoms with Gasteiger partial charge in [0.15, 0.2) is 5.16 Å². The molecule has 3 aromatic heterocycles. The third-order valence-electron chi connectivity index (χ3n) is 4.46. The van der Waals surface area contributed by atoms with Gasteiger partial charge in [0, 0.05) is 15.7 Å². The summed E-state index contributed by atoms with van der Waals surface area (Å²) in [5, 5.41) is 2.09. The van der Waals surface area contributed by atoms with Gasteiger partial charge in [-0.3, -0.25) is 9.36 Å². The zero-order valence-corrected chi connectivity index (χ0v) is 17.2. The first-order chi connectivity index (χ1) is 13.0. The first-order valence-electron chi connectivity index (χ1n) is 8.43. The zero-order chi connectivity index (χ0) is 19.0. The van der Waals surface area contributed by atoms with E-state index in [1.807, 2.05) is 50.2 Å². The molecule has 138 valence electrons. The second kappa shape index (κ2) is 7.54. The molecular weight excluding hydrogens is 400 g/mol. The number of thiophene rings is 1. The van der Waals surface area contributed by atoms with E-state index in [9.17, 15) is 4.79 Å². The topological polar surface area (TPSA) is 48.0 Å². The number of fused-ring (bicyclic) bond motifs is 1. The van der Waals surface area contributed by atoms with Crippen LogP contribution >= 0.6 is 34.7 Å². The molecule has 0 N–H and O–H groups in total. The molecule has 0 fully saturated rings. The number of hydrogen-bond acceptors (Lipinski definition) is 5. The minimum atomic E-state index is -0.0279. The van der Waals surface area contributed by atoms with E-state index in [-0.39, 0.29) is 5.56 Å². The third-order valence-corrected chi connectivity index (χ3v) is 6.96. The number of furan rings is 1. The first-order valence-corrected chi connectivity index (χ1v) is 10.6. The van der Waals surface area contributed by atoms with Crippen LogP contribution in [0.2, 0.25) is 5.02 Å². The van der Waals surface area contributed by atoms with E-state index in [0.29, 0.717) is 27.9 Å². The van der Waals surface area contributed by atoms with Crippen LogP contribution in [-0.4, -0.2) is 9.55 Å². The molecule has 0 spiro atoms. The van der Waals surface area contributed by atoms with E-state index in [2.05, 4.69) is 0 Å². The van der Waals surface area contributed by atoms with Gasteiger partial charge in [0.05, 0.1) is 18.2 Å². The Bertz CT molecular complexity index is 1160. The predicted octanol–water partition coefficient (Wildman–Crippen LogP) is 5.66. The van der Waals surface area contributed by atoms with Gasteiger partial charge in [-0.2, -0.15) is 0 Å². The fraction of sp³-hybridized carbons (Fsp3) is 0.200. The van der Waals surface area contributed by atoms with Crippen LogP contribution in [0.3, 0.4) is 0 Å². The summed E-state index contributed by atoms with van der Waals surface area (Å²) in [7, 11) is 0. The number of nitrogens with zero attached hydrogens (tertiary/aromatic N) is 2. The number of aryl methyl sites for hydroxylation is 2. The average Bonchev–Trinajstić information content (AvgIpc) is 3.26. The fourth-order valence-electron chi connectivity index (χ4n) is 2.87. The van der Waals surface area contributed by atoms with Gasteiger partial charge in [-0.05, 0) is 43.2 Å². The fourth-order valence-corrected chi connectivity index (χ4v) is 5.23. The minimum Gasteiger partial charge on any atom is -0.467 e. The zero-order valence-electron chi connectivity index (χ0n) is 14.9. The Balaban J connectivity index is 1.79. The van der Waals surface area contributed by atoms with E-state index in [1.54, 1.807) is 22.2 Å². The van der Waals surface area contributed by atoms with Crippen molar-refractivity contribution in [2.75, 3.05) is 0 Å². The van der Waals surface area contributed by atoms with Gasteiger partial charge < -0.3 is 4.42 Å². The van der Waals surface area contributed by atoms with Crippen molar-refractivity contribution in [3.05, 3.63) is 79.8 Å². The van der Waals surface area contributed by atoms with Crippen LogP contribution in [0, 0.1) is 13.8 Å². The Morgan fingerprint density at radius 2 is 2.04 bits per heavy atom. The average molecular weight is 417 g/mol. The van der Waals surface area contributed by atoms with Crippen molar-refractivity contribution in [1.29, 1.82) is 0 Å². The second-order valence-electron chi connectivity index (χ2n) is 6.21. The Hall–Kier alpha value is -2.02. The van der Waals surface area contributed by atoms with E-state index < -0.39 is 0 Å². The summed E-state index contributed by atoms with van der Waals surface area (Å²) < 4.78 is 7.16. The molecule has 27 heavy (non-hydrogen) atoms. The number of hydrogen-bond donors (Lipinski definition) is 0. The molecule has 0 aliphatic heterocycles. The van der Waals surface area contributed by atoms with Gasteiger partial charge in [0.25, 0.3) is 5.56 Å². The maximum atomic E-state index is 13.2. The van der Waals surface area contributed by atoms with Gasteiger partial charge in [0.2, 0.25) is 0 Å². The van der Waals surface area contributed by atoms with Crippen LogP contribution in [0.15, 0.2) is 57.0 Å². The van der Waals surface area contributed by atoms with Crippen LogP contribution in [0.1, 0.15) is 21.8 Å². The summed E-state index contributed by atoms with van der Waals surface area (Å²) in [6, 6.07) is 11.4. The maximum Gasteiger partial charge on any atom is 0.263 e. The molecule has 0 aliphatic carbocycles. The van der Waals surface area contributed by atoms with Crippen molar-refractivity contribution in [3.63, 3.8) is 0 Å². The molecule has 3 heterocycles. The summed E-state index contributed by atoms with van der Waals surface area (Å²) in [5.41, 5.74) is 1.99. The molecule has 0 radical (unpaired) electrons. The van der Waals surface area contributed by atoms with E-state index in [4.69, 9.17) is 21.0 Å². The lowest BCUT2D eigenvalue weighted by Gasteiger charge is -2.11. The molecule has 4 rings (SSSR count). The molecule has 7 heteroatoms. The minimum absolute atomic E-state index is 0.0279. The Kier molecular flexibility index (Phi) is 5.12. The summed E-state index contributed by atoms with van der Waals surface area (Å²) in [5.74, 6) is 1.36. The second-order valence-corrected chi connectivity index (χ2v) is 8.76. The van der Waals surface area contributed by atoms with Crippen molar-refractivity contribution in [2.45, 2.75) is 31.3 Å². The van der Waals surface area contributed by atoms with Gasteiger partial charge in [-0.25, -0.2) is 4.98 Å². The van der Waals surface area contributed by atoms with Crippen molar-refractivity contribution in [2.24, 2.45) is 0 Å². The summed E-state index contributed by atoms with van der Waals surface area (Å²) in [4.78, 5) is 19.9. The van der Waals surface area contributed by atoms with Crippen molar-refractivity contribution >= 4 is 44.9 Å². The first kappa shape index (κ1) is 18.3. The molecule has 0 amide bonds. The lowest BCUT2D eigenvalue weighted by molar-refractivity contribution is 0.476. The Morgan fingerprint density at radius 3 is 2.78 bits per heavy atom. The highest BCUT2D eigenvalue weighted by Gasteiger charge is 2.18. The molecule has 0 saturated carbocycles. The number of benzene rings is 1. The molecule has 0 bridgehead atoms. The van der Waals surface area contributed by atoms with Crippen LogP contribution in [-0.2, 0) is 12.3 Å². The molecule has 4 nitrogen and oxygen atoms in total.